The molecule has 6 heteroatoms. The Kier molecular flexibility index (Phi) is 4.14. The van der Waals surface area contributed by atoms with Gasteiger partial charge in [-0.3, -0.25) is 4.79 Å². The minimum atomic E-state index is -0.711. The van der Waals surface area contributed by atoms with Gasteiger partial charge in [0.2, 0.25) is 5.91 Å². The highest BCUT2D eigenvalue weighted by atomic mass is 35.5. The molecule has 0 radical (unpaired) electrons. The maximum absolute atomic E-state index is 14.1. The number of halogens is 3. The van der Waals surface area contributed by atoms with Gasteiger partial charge in [-0.2, -0.15) is 5.10 Å². The quantitative estimate of drug-likeness (QED) is 0.879. The summed E-state index contributed by atoms with van der Waals surface area (Å²) in [6, 6.07) is 11.5. The molecule has 1 aliphatic rings. The summed E-state index contributed by atoms with van der Waals surface area (Å²) in [7, 11) is 0. The number of carbonyl (C=O) groups excluding carboxylic acids is 1. The van der Waals surface area contributed by atoms with Crippen LogP contribution in [-0.4, -0.2) is 11.6 Å². The molecule has 1 atom stereocenters. The average Bonchev–Trinajstić information content (AvgIpc) is 2.50. The molecule has 22 heavy (non-hydrogen) atoms. The van der Waals surface area contributed by atoms with Crippen molar-refractivity contribution in [3.8, 4) is 0 Å². The van der Waals surface area contributed by atoms with Crippen molar-refractivity contribution < 1.29 is 9.18 Å². The van der Waals surface area contributed by atoms with Crippen LogP contribution in [0.4, 0.5) is 4.39 Å². The molecule has 0 fully saturated rings. The molecule has 2 aromatic carbocycles. The van der Waals surface area contributed by atoms with Gasteiger partial charge < -0.3 is 0 Å². The molecule has 0 saturated heterocycles. The van der Waals surface area contributed by atoms with Crippen LogP contribution in [0.25, 0.3) is 0 Å². The molecular formula is C16H11Cl2FN2O. The van der Waals surface area contributed by atoms with E-state index in [1.54, 1.807) is 30.3 Å². The highest BCUT2D eigenvalue weighted by molar-refractivity contribution is 6.32. The summed E-state index contributed by atoms with van der Waals surface area (Å²) in [6.07, 6.45) is 0.272. The smallest absolute Gasteiger partial charge is 0.248 e. The van der Waals surface area contributed by atoms with Crippen molar-refractivity contribution in [2.45, 2.75) is 12.3 Å². The molecule has 0 saturated carbocycles. The summed E-state index contributed by atoms with van der Waals surface area (Å²) < 4.78 is 14.1. The van der Waals surface area contributed by atoms with Gasteiger partial charge in [-0.25, -0.2) is 9.82 Å². The van der Waals surface area contributed by atoms with Crippen molar-refractivity contribution in [1.29, 1.82) is 0 Å². The number of nitrogens with one attached hydrogen (secondary N) is 1. The van der Waals surface area contributed by atoms with E-state index < -0.39 is 11.7 Å². The van der Waals surface area contributed by atoms with Crippen molar-refractivity contribution in [1.82, 2.24) is 5.43 Å². The number of carbonyl (C=O) groups is 1. The molecule has 1 heterocycles. The van der Waals surface area contributed by atoms with E-state index in [0.717, 1.165) is 5.56 Å². The lowest BCUT2D eigenvalue weighted by Crippen LogP contribution is -2.34. The molecule has 2 aromatic rings. The molecular weight excluding hydrogens is 326 g/mol. The number of hydrazone groups is 1. The van der Waals surface area contributed by atoms with Crippen molar-refractivity contribution in [2.75, 3.05) is 0 Å². The molecule has 0 spiro atoms. The summed E-state index contributed by atoms with van der Waals surface area (Å²) in [5.74, 6) is -1.58. The lowest BCUT2D eigenvalue weighted by atomic mass is 9.89. The van der Waals surface area contributed by atoms with Gasteiger partial charge >= 0.3 is 0 Å². The van der Waals surface area contributed by atoms with Crippen molar-refractivity contribution in [2.24, 2.45) is 5.10 Å². The van der Waals surface area contributed by atoms with Crippen LogP contribution in [-0.2, 0) is 4.79 Å². The first kappa shape index (κ1) is 15.0. The van der Waals surface area contributed by atoms with Crippen molar-refractivity contribution in [3.05, 3.63) is 69.5 Å². The van der Waals surface area contributed by atoms with Gasteiger partial charge in [0.1, 0.15) is 5.82 Å². The van der Waals surface area contributed by atoms with Gasteiger partial charge in [0.15, 0.2) is 0 Å². The van der Waals surface area contributed by atoms with Crippen LogP contribution in [0.2, 0.25) is 10.0 Å². The minimum Gasteiger partial charge on any atom is -0.272 e. The zero-order chi connectivity index (χ0) is 15.7. The number of hydrogen-bond donors (Lipinski definition) is 1. The third-order valence-electron chi connectivity index (χ3n) is 3.54. The second kappa shape index (κ2) is 6.07. The van der Waals surface area contributed by atoms with Gasteiger partial charge in [0.05, 0.1) is 11.6 Å². The SMILES string of the molecule is O=C1NN=C(c2ccc(Cl)cc2)C[C@@H]1c1c(F)cccc1Cl. The molecule has 3 rings (SSSR count). The lowest BCUT2D eigenvalue weighted by molar-refractivity contribution is -0.122. The van der Waals surface area contributed by atoms with Crippen molar-refractivity contribution in [3.63, 3.8) is 0 Å². The maximum Gasteiger partial charge on any atom is 0.248 e. The Morgan fingerprint density at radius 1 is 1.14 bits per heavy atom. The van der Waals surface area contributed by atoms with Crippen LogP contribution < -0.4 is 5.43 Å². The van der Waals surface area contributed by atoms with E-state index in [-0.39, 0.29) is 22.9 Å². The summed E-state index contributed by atoms with van der Waals surface area (Å²) in [4.78, 5) is 12.1. The highest BCUT2D eigenvalue weighted by Gasteiger charge is 2.31. The second-order valence-corrected chi connectivity index (χ2v) is 5.78. The Balaban J connectivity index is 1.96. The van der Waals surface area contributed by atoms with E-state index >= 15 is 0 Å². The van der Waals surface area contributed by atoms with Gasteiger partial charge in [0.25, 0.3) is 0 Å². The van der Waals surface area contributed by atoms with E-state index in [1.807, 2.05) is 0 Å². The largest absolute Gasteiger partial charge is 0.272 e. The van der Waals surface area contributed by atoms with Gasteiger partial charge in [-0.05, 0) is 29.8 Å². The first-order valence-corrected chi connectivity index (χ1v) is 7.38. The van der Waals surface area contributed by atoms with Crippen LogP contribution in [0, 0.1) is 5.82 Å². The monoisotopic (exact) mass is 336 g/mol. The number of hydrogen-bond acceptors (Lipinski definition) is 2. The number of rotatable bonds is 2. The topological polar surface area (TPSA) is 41.5 Å². The molecule has 0 unspecified atom stereocenters. The Hall–Kier alpha value is -1.91. The molecule has 1 aliphatic heterocycles. The average molecular weight is 337 g/mol. The van der Waals surface area contributed by atoms with E-state index in [4.69, 9.17) is 23.2 Å². The Morgan fingerprint density at radius 2 is 1.86 bits per heavy atom. The van der Waals surface area contributed by atoms with E-state index in [1.165, 1.54) is 12.1 Å². The first-order chi connectivity index (χ1) is 10.6. The molecule has 1 amide bonds. The predicted octanol–water partition coefficient (Wildman–Crippen LogP) is 4.14. The van der Waals surface area contributed by atoms with E-state index in [0.29, 0.717) is 10.7 Å². The zero-order valence-corrected chi connectivity index (χ0v) is 12.8. The number of benzene rings is 2. The molecule has 112 valence electrons. The summed E-state index contributed by atoms with van der Waals surface area (Å²) in [6.45, 7) is 0. The van der Waals surface area contributed by atoms with Crippen molar-refractivity contribution >= 4 is 34.8 Å². The molecule has 3 nitrogen and oxygen atoms in total. The van der Waals surface area contributed by atoms with Crippen LogP contribution in [0.15, 0.2) is 47.6 Å². The van der Waals surface area contributed by atoms with Crippen LogP contribution in [0.1, 0.15) is 23.5 Å². The Labute approximate surface area is 136 Å². The third-order valence-corrected chi connectivity index (χ3v) is 4.12. The number of nitrogens with zero attached hydrogens (tertiary/aromatic N) is 1. The second-order valence-electron chi connectivity index (χ2n) is 4.93. The molecule has 0 aliphatic carbocycles. The van der Waals surface area contributed by atoms with Crippen LogP contribution in [0.3, 0.4) is 0 Å². The Bertz CT molecular complexity index is 739. The van der Waals surface area contributed by atoms with E-state index in [2.05, 4.69) is 10.5 Å². The summed E-state index contributed by atoms with van der Waals surface area (Å²) in [5, 5.41) is 4.90. The Morgan fingerprint density at radius 3 is 2.55 bits per heavy atom. The van der Waals surface area contributed by atoms with Gasteiger partial charge in [0, 0.05) is 22.0 Å². The highest BCUT2D eigenvalue weighted by Crippen LogP contribution is 2.32. The molecule has 1 N–H and O–H groups in total. The zero-order valence-electron chi connectivity index (χ0n) is 11.3. The maximum atomic E-state index is 14.1. The fourth-order valence-electron chi connectivity index (χ4n) is 2.43. The molecule has 0 aromatic heterocycles. The third kappa shape index (κ3) is 2.85. The summed E-state index contributed by atoms with van der Waals surface area (Å²) >= 11 is 11.9. The summed E-state index contributed by atoms with van der Waals surface area (Å²) in [5.41, 5.74) is 4.11. The van der Waals surface area contributed by atoms with E-state index in [9.17, 15) is 9.18 Å². The van der Waals surface area contributed by atoms with Crippen LogP contribution in [0.5, 0.6) is 0 Å². The minimum absolute atomic E-state index is 0.197. The van der Waals surface area contributed by atoms with Gasteiger partial charge in [-0.15, -0.1) is 0 Å². The molecule has 0 bridgehead atoms. The lowest BCUT2D eigenvalue weighted by Gasteiger charge is -2.23. The standard InChI is InChI=1S/C16H11Cl2FN2O/c17-10-6-4-9(5-7-10)14-8-11(16(22)21-20-14)15-12(18)2-1-3-13(15)19/h1-7,11H,8H2,(H,21,22)/t11-/m1/s1. The number of amides is 1. The fraction of sp³-hybridized carbons (Fsp3) is 0.125. The fourth-order valence-corrected chi connectivity index (χ4v) is 2.85. The first-order valence-electron chi connectivity index (χ1n) is 6.62. The predicted molar refractivity (Wildman–Crippen MR) is 84.9 cm³/mol. The normalized spacial score (nSPS) is 17.9. The van der Waals surface area contributed by atoms with Crippen LogP contribution >= 0.6 is 23.2 Å². The van der Waals surface area contributed by atoms with Gasteiger partial charge in [-0.1, -0.05) is 41.4 Å².